The van der Waals surface area contributed by atoms with Crippen molar-refractivity contribution in [2.75, 3.05) is 24.8 Å². The highest BCUT2D eigenvalue weighted by Crippen LogP contribution is 2.28. The third-order valence-electron chi connectivity index (χ3n) is 4.79. The number of nitrogens with zero attached hydrogens (tertiary/aromatic N) is 4. The Hall–Kier alpha value is -3.49. The maximum absolute atomic E-state index is 12.7. The second-order valence-electron chi connectivity index (χ2n) is 6.93. The fourth-order valence-corrected chi connectivity index (χ4v) is 4.04. The Bertz CT molecular complexity index is 1170. The summed E-state index contributed by atoms with van der Waals surface area (Å²) in [6.45, 7) is 1.10. The van der Waals surface area contributed by atoms with E-state index in [0.29, 0.717) is 18.3 Å². The number of para-hydroxylation sites is 1. The van der Waals surface area contributed by atoms with Gasteiger partial charge in [0.25, 0.3) is 0 Å². The molecule has 1 N–H and O–H groups in total. The van der Waals surface area contributed by atoms with Gasteiger partial charge in [-0.2, -0.15) is 0 Å². The molecule has 0 bridgehead atoms. The third kappa shape index (κ3) is 5.22. The average Bonchev–Trinajstić information content (AvgIpc) is 3.25. The van der Waals surface area contributed by atoms with Gasteiger partial charge >= 0.3 is 0 Å². The summed E-state index contributed by atoms with van der Waals surface area (Å²) in [5, 5.41) is 12.3. The zero-order chi connectivity index (χ0) is 22.2. The highest BCUT2D eigenvalue weighted by Gasteiger charge is 2.16. The molecular formula is C24H23N5O2S. The molecule has 7 nitrogen and oxygen atoms in total. The number of methoxy groups -OCH3 is 1. The van der Waals surface area contributed by atoms with Crippen LogP contribution >= 0.6 is 11.8 Å². The van der Waals surface area contributed by atoms with Gasteiger partial charge in [0.05, 0.1) is 18.9 Å². The van der Waals surface area contributed by atoms with Crippen molar-refractivity contribution >= 4 is 23.4 Å². The lowest BCUT2D eigenvalue weighted by Crippen LogP contribution is -2.15. The molecule has 4 aromatic rings. The van der Waals surface area contributed by atoms with Crippen LogP contribution in [0.2, 0.25) is 0 Å². The largest absolute Gasteiger partial charge is 0.383 e. The van der Waals surface area contributed by atoms with Crippen LogP contribution < -0.4 is 5.32 Å². The number of ether oxygens (including phenoxy) is 1. The van der Waals surface area contributed by atoms with E-state index in [1.54, 1.807) is 19.5 Å². The van der Waals surface area contributed by atoms with Crippen molar-refractivity contribution in [1.82, 2.24) is 19.7 Å². The molecule has 0 aliphatic carbocycles. The number of amides is 1. The quantitative estimate of drug-likeness (QED) is 0.385. The number of hydrogen-bond acceptors (Lipinski definition) is 6. The summed E-state index contributed by atoms with van der Waals surface area (Å²) in [7, 11) is 1.65. The first-order valence-corrected chi connectivity index (χ1v) is 11.1. The SMILES string of the molecule is COCCn1c(SCC(=O)Nc2ccccc2-c2ccccc2)nnc1-c1ccncc1. The predicted molar refractivity (Wildman–Crippen MR) is 126 cm³/mol. The molecule has 0 atom stereocenters. The van der Waals surface area contributed by atoms with Gasteiger partial charge in [0.1, 0.15) is 0 Å². The van der Waals surface area contributed by atoms with Gasteiger partial charge in [0.2, 0.25) is 5.91 Å². The number of hydrogen-bond donors (Lipinski definition) is 1. The normalized spacial score (nSPS) is 10.8. The molecule has 2 heterocycles. The molecule has 0 radical (unpaired) electrons. The molecule has 0 saturated carbocycles. The highest BCUT2D eigenvalue weighted by atomic mass is 32.2. The Labute approximate surface area is 190 Å². The van der Waals surface area contributed by atoms with E-state index in [2.05, 4.69) is 20.5 Å². The van der Waals surface area contributed by atoms with Gasteiger partial charge in [-0.1, -0.05) is 60.3 Å². The van der Waals surface area contributed by atoms with Crippen LogP contribution in [0.5, 0.6) is 0 Å². The molecule has 8 heteroatoms. The number of anilines is 1. The van der Waals surface area contributed by atoms with E-state index >= 15 is 0 Å². The Morgan fingerprint density at radius 3 is 2.50 bits per heavy atom. The van der Waals surface area contributed by atoms with Gasteiger partial charge in [-0.3, -0.25) is 14.3 Å². The standard InChI is InChI=1S/C24H23N5O2S/c1-31-16-15-29-23(19-11-13-25-14-12-19)27-28-24(29)32-17-22(30)26-21-10-6-5-9-20(21)18-7-3-2-4-8-18/h2-14H,15-17H2,1H3,(H,26,30). The van der Waals surface area contributed by atoms with Crippen molar-refractivity contribution in [1.29, 1.82) is 0 Å². The lowest BCUT2D eigenvalue weighted by Gasteiger charge is -2.12. The molecule has 1 amide bonds. The van der Waals surface area contributed by atoms with Crippen LogP contribution in [0.25, 0.3) is 22.5 Å². The molecule has 2 aromatic carbocycles. The van der Waals surface area contributed by atoms with E-state index in [9.17, 15) is 4.79 Å². The van der Waals surface area contributed by atoms with Gasteiger partial charge in [-0.05, 0) is 23.8 Å². The van der Waals surface area contributed by atoms with Crippen molar-refractivity contribution < 1.29 is 9.53 Å². The van der Waals surface area contributed by atoms with Crippen LogP contribution in [-0.4, -0.2) is 45.1 Å². The zero-order valence-electron chi connectivity index (χ0n) is 17.6. The average molecular weight is 446 g/mol. The van der Waals surface area contributed by atoms with Gasteiger partial charge < -0.3 is 10.1 Å². The van der Waals surface area contributed by atoms with E-state index in [1.165, 1.54) is 11.8 Å². The van der Waals surface area contributed by atoms with Gasteiger partial charge in [0, 0.05) is 36.3 Å². The van der Waals surface area contributed by atoms with Crippen molar-refractivity contribution in [3.05, 3.63) is 79.1 Å². The fraction of sp³-hybridized carbons (Fsp3) is 0.167. The first-order valence-electron chi connectivity index (χ1n) is 10.2. The van der Waals surface area contributed by atoms with Crippen LogP contribution in [0.1, 0.15) is 0 Å². The lowest BCUT2D eigenvalue weighted by molar-refractivity contribution is -0.113. The molecule has 0 aliphatic rings. The summed E-state index contributed by atoms with van der Waals surface area (Å²) >= 11 is 1.35. The van der Waals surface area contributed by atoms with E-state index in [4.69, 9.17) is 4.74 Å². The molecular weight excluding hydrogens is 422 g/mol. The van der Waals surface area contributed by atoms with Gasteiger partial charge in [0.15, 0.2) is 11.0 Å². The summed E-state index contributed by atoms with van der Waals surface area (Å²) < 4.78 is 7.21. The number of pyridine rings is 1. The molecule has 0 aliphatic heterocycles. The number of carbonyl (C=O) groups excluding carboxylic acids is 1. The smallest absolute Gasteiger partial charge is 0.234 e. The summed E-state index contributed by atoms with van der Waals surface area (Å²) in [5.41, 5.74) is 3.73. The minimum atomic E-state index is -0.106. The highest BCUT2D eigenvalue weighted by molar-refractivity contribution is 7.99. The second kappa shape index (κ2) is 10.7. The number of thioether (sulfide) groups is 1. The third-order valence-corrected chi connectivity index (χ3v) is 5.76. The van der Waals surface area contributed by atoms with Crippen LogP contribution in [0, 0.1) is 0 Å². The lowest BCUT2D eigenvalue weighted by atomic mass is 10.0. The van der Waals surface area contributed by atoms with Crippen LogP contribution in [0.15, 0.2) is 84.3 Å². The van der Waals surface area contributed by atoms with E-state index in [1.807, 2.05) is 71.3 Å². The Kier molecular flexibility index (Phi) is 7.27. The van der Waals surface area contributed by atoms with Crippen LogP contribution in [-0.2, 0) is 16.1 Å². The molecule has 2 aromatic heterocycles. The number of carbonyl (C=O) groups is 1. The number of nitrogens with one attached hydrogen (secondary N) is 1. The first kappa shape index (κ1) is 21.7. The maximum atomic E-state index is 12.7. The maximum Gasteiger partial charge on any atom is 0.234 e. The molecule has 0 fully saturated rings. The molecule has 0 spiro atoms. The van der Waals surface area contributed by atoms with Crippen molar-refractivity contribution in [2.45, 2.75) is 11.7 Å². The first-order chi connectivity index (χ1) is 15.8. The minimum Gasteiger partial charge on any atom is -0.383 e. The summed E-state index contributed by atoms with van der Waals surface area (Å²) in [6.07, 6.45) is 3.43. The molecule has 0 unspecified atom stereocenters. The second-order valence-corrected chi connectivity index (χ2v) is 7.88. The van der Waals surface area contributed by atoms with Crippen LogP contribution in [0.3, 0.4) is 0 Å². The van der Waals surface area contributed by atoms with Gasteiger partial charge in [-0.15, -0.1) is 10.2 Å². The number of benzene rings is 2. The van der Waals surface area contributed by atoms with E-state index in [-0.39, 0.29) is 11.7 Å². The minimum absolute atomic E-state index is 0.106. The fourth-order valence-electron chi connectivity index (χ4n) is 3.27. The Balaban J connectivity index is 1.48. The Morgan fingerprint density at radius 1 is 0.969 bits per heavy atom. The summed E-state index contributed by atoms with van der Waals surface area (Å²) in [4.78, 5) is 16.8. The zero-order valence-corrected chi connectivity index (χ0v) is 18.5. The van der Waals surface area contributed by atoms with Crippen molar-refractivity contribution in [3.63, 3.8) is 0 Å². The van der Waals surface area contributed by atoms with E-state index in [0.717, 1.165) is 28.2 Å². The predicted octanol–water partition coefficient (Wildman–Crippen LogP) is 4.38. The van der Waals surface area contributed by atoms with Gasteiger partial charge in [-0.25, -0.2) is 0 Å². The topological polar surface area (TPSA) is 81.9 Å². The number of aromatic nitrogens is 4. The molecule has 162 valence electrons. The monoisotopic (exact) mass is 445 g/mol. The molecule has 0 saturated heterocycles. The van der Waals surface area contributed by atoms with Crippen molar-refractivity contribution in [2.24, 2.45) is 0 Å². The number of rotatable bonds is 9. The van der Waals surface area contributed by atoms with Crippen LogP contribution in [0.4, 0.5) is 5.69 Å². The van der Waals surface area contributed by atoms with E-state index < -0.39 is 0 Å². The molecule has 32 heavy (non-hydrogen) atoms. The van der Waals surface area contributed by atoms with Crippen molar-refractivity contribution in [3.8, 4) is 22.5 Å². The summed E-state index contributed by atoms with van der Waals surface area (Å²) in [6, 6.07) is 21.5. The summed E-state index contributed by atoms with van der Waals surface area (Å²) in [5.74, 6) is 0.830. The Morgan fingerprint density at radius 2 is 1.72 bits per heavy atom. The molecule has 4 rings (SSSR count).